The molecule has 14 heavy (non-hydrogen) atoms. The largest absolute Gasteiger partial charge is 0.476 e. The summed E-state index contributed by atoms with van der Waals surface area (Å²) in [5, 5.41) is 15.1. The zero-order chi connectivity index (χ0) is 10.1. The summed E-state index contributed by atoms with van der Waals surface area (Å²) in [6.07, 6.45) is 1.52. The highest BCUT2D eigenvalue weighted by molar-refractivity contribution is 5.89. The summed E-state index contributed by atoms with van der Waals surface area (Å²) in [5.41, 5.74) is 1.20. The number of carboxylic acid groups (broad SMARTS) is 1. The van der Waals surface area contributed by atoms with Crippen LogP contribution in [-0.2, 0) is 0 Å². The summed E-state index contributed by atoms with van der Waals surface area (Å²) >= 11 is 0. The monoisotopic (exact) mass is 192 g/mol. The highest BCUT2D eigenvalue weighted by Crippen LogP contribution is 2.22. The van der Waals surface area contributed by atoms with E-state index in [1.807, 2.05) is 0 Å². The van der Waals surface area contributed by atoms with Gasteiger partial charge in [-0.1, -0.05) is 0 Å². The average Bonchev–Trinajstić information content (AvgIpc) is 2.71. The molecule has 0 aliphatic heterocycles. The second-order valence-electron chi connectivity index (χ2n) is 2.85. The fourth-order valence-corrected chi connectivity index (χ4v) is 1.27. The maximum atomic E-state index is 10.7. The summed E-state index contributed by atoms with van der Waals surface area (Å²) < 4.78 is 5.13. The van der Waals surface area contributed by atoms with Crippen molar-refractivity contribution in [3.05, 3.63) is 29.7 Å². The first kappa shape index (κ1) is 8.55. The van der Waals surface area contributed by atoms with Crippen LogP contribution in [-0.4, -0.2) is 21.3 Å². The molecule has 0 radical (unpaired) electrons. The number of aromatic carboxylic acids is 1. The molecule has 72 valence electrons. The van der Waals surface area contributed by atoms with Crippen LogP contribution < -0.4 is 0 Å². The third kappa shape index (κ3) is 1.19. The molecule has 0 amide bonds. The van der Waals surface area contributed by atoms with E-state index in [-0.39, 0.29) is 5.69 Å². The minimum atomic E-state index is -1.04. The van der Waals surface area contributed by atoms with Gasteiger partial charge in [-0.15, -0.1) is 0 Å². The van der Waals surface area contributed by atoms with E-state index < -0.39 is 5.97 Å². The maximum Gasteiger partial charge on any atom is 0.356 e. The van der Waals surface area contributed by atoms with E-state index in [4.69, 9.17) is 9.52 Å². The van der Waals surface area contributed by atoms with Crippen LogP contribution in [0.3, 0.4) is 0 Å². The van der Waals surface area contributed by atoms with E-state index in [1.54, 1.807) is 19.1 Å². The smallest absolute Gasteiger partial charge is 0.356 e. The molecule has 0 aliphatic carbocycles. The number of hydrogen-bond donors (Lipinski definition) is 2. The number of nitrogens with one attached hydrogen (secondary N) is 1. The molecule has 0 spiro atoms. The molecule has 0 aliphatic rings. The fourth-order valence-electron chi connectivity index (χ4n) is 1.27. The van der Waals surface area contributed by atoms with Gasteiger partial charge < -0.3 is 9.52 Å². The Morgan fingerprint density at radius 3 is 2.93 bits per heavy atom. The average molecular weight is 192 g/mol. The van der Waals surface area contributed by atoms with Crippen LogP contribution in [0.4, 0.5) is 0 Å². The predicted octanol–water partition coefficient (Wildman–Crippen LogP) is 1.68. The zero-order valence-corrected chi connectivity index (χ0v) is 7.44. The van der Waals surface area contributed by atoms with Crippen molar-refractivity contribution in [2.75, 3.05) is 0 Å². The van der Waals surface area contributed by atoms with E-state index in [0.29, 0.717) is 17.0 Å². The number of nitrogens with zero attached hydrogens (tertiary/aromatic N) is 1. The van der Waals surface area contributed by atoms with Gasteiger partial charge in [0.15, 0.2) is 11.5 Å². The van der Waals surface area contributed by atoms with Crippen LogP contribution in [0, 0.1) is 6.92 Å². The Morgan fingerprint density at radius 1 is 1.64 bits per heavy atom. The van der Waals surface area contributed by atoms with E-state index >= 15 is 0 Å². The van der Waals surface area contributed by atoms with Gasteiger partial charge >= 0.3 is 5.97 Å². The fraction of sp³-hybridized carbons (Fsp3) is 0.111. The molecule has 2 rings (SSSR count). The standard InChI is InChI=1S/C9H8N2O3/c1-5-7(6-3-2-4-14-6)10-11-8(5)9(12)13/h2-4H,1H3,(H,10,11)(H,12,13). The van der Waals surface area contributed by atoms with Gasteiger partial charge in [0.1, 0.15) is 5.69 Å². The number of furan rings is 1. The first-order valence-corrected chi connectivity index (χ1v) is 4.02. The normalized spacial score (nSPS) is 10.4. The van der Waals surface area contributed by atoms with E-state index in [9.17, 15) is 4.79 Å². The van der Waals surface area contributed by atoms with Crippen molar-refractivity contribution >= 4 is 5.97 Å². The quantitative estimate of drug-likeness (QED) is 0.758. The third-order valence-electron chi connectivity index (χ3n) is 1.98. The van der Waals surface area contributed by atoms with Crippen LogP contribution in [0.15, 0.2) is 22.8 Å². The lowest BCUT2D eigenvalue weighted by atomic mass is 10.2. The van der Waals surface area contributed by atoms with Crippen LogP contribution in [0.5, 0.6) is 0 Å². The number of H-pyrrole nitrogens is 1. The molecule has 0 atom stereocenters. The molecule has 5 nitrogen and oxygen atoms in total. The third-order valence-corrected chi connectivity index (χ3v) is 1.98. The topological polar surface area (TPSA) is 79.1 Å². The zero-order valence-electron chi connectivity index (χ0n) is 7.44. The van der Waals surface area contributed by atoms with Crippen LogP contribution in [0.1, 0.15) is 16.1 Å². The van der Waals surface area contributed by atoms with Gasteiger partial charge in [0.25, 0.3) is 0 Å². The van der Waals surface area contributed by atoms with Crippen molar-refractivity contribution in [3.8, 4) is 11.5 Å². The number of hydrogen-bond acceptors (Lipinski definition) is 3. The highest BCUT2D eigenvalue weighted by atomic mass is 16.4. The number of rotatable bonds is 2. The van der Waals surface area contributed by atoms with Crippen molar-refractivity contribution in [2.24, 2.45) is 0 Å². The minimum absolute atomic E-state index is 0.0244. The van der Waals surface area contributed by atoms with Gasteiger partial charge in [0.05, 0.1) is 6.26 Å². The number of aromatic nitrogens is 2. The van der Waals surface area contributed by atoms with Crippen LogP contribution in [0.25, 0.3) is 11.5 Å². The SMILES string of the molecule is Cc1c(C(=O)O)n[nH]c1-c1ccco1. The Balaban J connectivity index is 2.52. The summed E-state index contributed by atoms with van der Waals surface area (Å²) in [6.45, 7) is 1.69. The summed E-state index contributed by atoms with van der Waals surface area (Å²) in [6, 6.07) is 3.47. The number of carboxylic acids is 1. The van der Waals surface area contributed by atoms with Crippen molar-refractivity contribution in [1.82, 2.24) is 10.2 Å². The van der Waals surface area contributed by atoms with Crippen LogP contribution in [0.2, 0.25) is 0 Å². The lowest BCUT2D eigenvalue weighted by Gasteiger charge is -1.92. The predicted molar refractivity (Wildman–Crippen MR) is 48.0 cm³/mol. The first-order chi connectivity index (χ1) is 6.70. The molecule has 0 fully saturated rings. The van der Waals surface area contributed by atoms with E-state index in [0.717, 1.165) is 0 Å². The van der Waals surface area contributed by atoms with Gasteiger partial charge in [-0.2, -0.15) is 5.10 Å². The van der Waals surface area contributed by atoms with Crippen molar-refractivity contribution in [2.45, 2.75) is 6.92 Å². The summed E-state index contributed by atoms with van der Waals surface area (Å²) in [4.78, 5) is 10.7. The van der Waals surface area contributed by atoms with E-state index in [1.165, 1.54) is 6.26 Å². The highest BCUT2D eigenvalue weighted by Gasteiger charge is 2.17. The Hall–Kier alpha value is -2.04. The Morgan fingerprint density at radius 2 is 2.43 bits per heavy atom. The molecular formula is C9H8N2O3. The summed E-state index contributed by atoms with van der Waals surface area (Å²) in [7, 11) is 0. The van der Waals surface area contributed by atoms with Gasteiger partial charge in [0.2, 0.25) is 0 Å². The molecule has 0 bridgehead atoms. The molecule has 2 heterocycles. The molecule has 5 heteroatoms. The molecule has 2 aromatic rings. The van der Waals surface area contributed by atoms with E-state index in [2.05, 4.69) is 10.2 Å². The molecule has 0 saturated heterocycles. The molecular weight excluding hydrogens is 184 g/mol. The van der Waals surface area contributed by atoms with Crippen LogP contribution >= 0.6 is 0 Å². The van der Waals surface area contributed by atoms with Gasteiger partial charge in [-0.3, -0.25) is 5.10 Å². The number of carbonyl (C=O) groups is 1. The lowest BCUT2D eigenvalue weighted by molar-refractivity contribution is 0.0689. The Bertz CT molecular complexity index is 456. The maximum absolute atomic E-state index is 10.7. The van der Waals surface area contributed by atoms with Gasteiger partial charge in [0, 0.05) is 5.56 Å². The summed E-state index contributed by atoms with van der Waals surface area (Å²) in [5.74, 6) is -0.459. The van der Waals surface area contributed by atoms with Crippen molar-refractivity contribution in [3.63, 3.8) is 0 Å². The van der Waals surface area contributed by atoms with Gasteiger partial charge in [-0.05, 0) is 19.1 Å². The molecule has 2 N–H and O–H groups in total. The lowest BCUT2D eigenvalue weighted by Crippen LogP contribution is -1.98. The molecule has 0 saturated carbocycles. The second-order valence-corrected chi connectivity index (χ2v) is 2.85. The minimum Gasteiger partial charge on any atom is -0.476 e. The molecule has 0 aromatic carbocycles. The molecule has 0 unspecified atom stereocenters. The second kappa shape index (κ2) is 3.02. The Labute approximate surface area is 79.4 Å². The Kier molecular flexibility index (Phi) is 1.85. The molecule has 2 aromatic heterocycles. The number of aromatic amines is 1. The van der Waals surface area contributed by atoms with Crippen molar-refractivity contribution < 1.29 is 14.3 Å². The first-order valence-electron chi connectivity index (χ1n) is 4.02. The van der Waals surface area contributed by atoms with Gasteiger partial charge in [-0.25, -0.2) is 4.79 Å². The van der Waals surface area contributed by atoms with Crippen molar-refractivity contribution in [1.29, 1.82) is 0 Å².